The van der Waals surface area contributed by atoms with Crippen molar-refractivity contribution in [3.8, 4) is 0 Å². The second-order valence-electron chi connectivity index (χ2n) is 12.1. The van der Waals surface area contributed by atoms with Gasteiger partial charge in [-0.3, -0.25) is 0 Å². The molecular formula is C25H42F2N4O3SSi. The Labute approximate surface area is 216 Å². The molecule has 204 valence electrons. The van der Waals surface area contributed by atoms with Crippen LogP contribution in [0.4, 0.5) is 8.78 Å². The first kappa shape index (κ1) is 29.3. The molecule has 11 heteroatoms. The number of aliphatic hydroxyl groups excluding tert-OH is 1. The zero-order valence-electron chi connectivity index (χ0n) is 22.3. The number of halogens is 2. The van der Waals surface area contributed by atoms with Crippen LogP contribution in [0.2, 0.25) is 25.7 Å². The fourth-order valence-electron chi connectivity index (χ4n) is 4.40. The standard InChI is InChI=1S/C25H42F2N4O3SSi/c1-24(2,3)35(33)30-21(18-8-7-11-25(26,27)15-18)23-29-19-10-9-17(22(28)32)14-20(19)31(23)16-34-12-13-36(4,5)6/h9-10,14,18,21-22,30,32H,7-8,11-13,15-16,28H2,1-6H3/t18-,21?,22-,35-/m1/s1. The third-order valence-corrected chi connectivity index (χ3v) is 9.86. The van der Waals surface area contributed by atoms with Crippen molar-refractivity contribution in [2.24, 2.45) is 11.7 Å². The van der Waals surface area contributed by atoms with Crippen LogP contribution in [0.1, 0.15) is 70.1 Å². The molecule has 1 aliphatic carbocycles. The zero-order valence-corrected chi connectivity index (χ0v) is 24.1. The van der Waals surface area contributed by atoms with E-state index in [2.05, 4.69) is 24.4 Å². The van der Waals surface area contributed by atoms with E-state index in [4.69, 9.17) is 15.5 Å². The Morgan fingerprint density at radius 3 is 2.64 bits per heavy atom. The van der Waals surface area contributed by atoms with Crippen LogP contribution < -0.4 is 10.5 Å². The number of benzene rings is 1. The number of hydrogen-bond acceptors (Lipinski definition) is 5. The molecule has 4 N–H and O–H groups in total. The molecule has 1 aromatic heterocycles. The molecule has 1 fully saturated rings. The van der Waals surface area contributed by atoms with Gasteiger partial charge in [0.1, 0.15) is 18.8 Å². The van der Waals surface area contributed by atoms with Crippen molar-refractivity contribution in [3.63, 3.8) is 0 Å². The minimum absolute atomic E-state index is 0.132. The molecule has 4 atom stereocenters. The fourth-order valence-corrected chi connectivity index (χ4v) is 6.04. The van der Waals surface area contributed by atoms with Crippen molar-refractivity contribution in [1.82, 2.24) is 14.3 Å². The molecule has 36 heavy (non-hydrogen) atoms. The monoisotopic (exact) mass is 544 g/mol. The number of fused-ring (bicyclic) bond motifs is 1. The molecule has 1 saturated carbocycles. The SMILES string of the molecule is CC(C)(C)[S@@](=O)NC(c1nc2ccc([C@H](N)O)cc2n1COCC[Si](C)(C)C)[C@@H]1CCCC(F)(F)C1. The van der Waals surface area contributed by atoms with Crippen LogP contribution >= 0.6 is 0 Å². The largest absolute Gasteiger partial charge is 0.375 e. The number of aliphatic hydroxyl groups is 1. The molecule has 0 spiro atoms. The molecule has 1 aliphatic rings. The summed E-state index contributed by atoms with van der Waals surface area (Å²) in [5, 5.41) is 9.95. The van der Waals surface area contributed by atoms with Crippen LogP contribution in [0.5, 0.6) is 0 Å². The number of alkyl halides is 2. The van der Waals surface area contributed by atoms with Crippen LogP contribution in [-0.4, -0.2) is 44.2 Å². The molecule has 0 bridgehead atoms. The maximum absolute atomic E-state index is 14.5. The molecule has 1 aromatic carbocycles. The van der Waals surface area contributed by atoms with Gasteiger partial charge in [0, 0.05) is 27.5 Å². The first-order chi connectivity index (χ1) is 16.6. The van der Waals surface area contributed by atoms with E-state index < -0.39 is 47.9 Å². The van der Waals surface area contributed by atoms with E-state index in [9.17, 15) is 18.1 Å². The normalized spacial score (nSPS) is 21.4. The summed E-state index contributed by atoms with van der Waals surface area (Å²) in [5.41, 5.74) is 7.56. The number of nitrogens with one attached hydrogen (secondary N) is 1. The van der Waals surface area contributed by atoms with Gasteiger partial charge in [-0.05, 0) is 63.3 Å². The van der Waals surface area contributed by atoms with E-state index in [1.54, 1.807) is 18.2 Å². The minimum atomic E-state index is -2.77. The average Bonchev–Trinajstić information content (AvgIpc) is 3.10. The van der Waals surface area contributed by atoms with Crippen molar-refractivity contribution in [2.75, 3.05) is 6.61 Å². The lowest BCUT2D eigenvalue weighted by Crippen LogP contribution is -2.42. The summed E-state index contributed by atoms with van der Waals surface area (Å²) in [6.07, 6.45) is -0.603. The Morgan fingerprint density at radius 2 is 2.06 bits per heavy atom. The summed E-state index contributed by atoms with van der Waals surface area (Å²) in [7, 11) is -2.81. The molecule has 7 nitrogen and oxygen atoms in total. The highest BCUT2D eigenvalue weighted by Gasteiger charge is 2.42. The van der Waals surface area contributed by atoms with Gasteiger partial charge in [-0.2, -0.15) is 0 Å². The predicted octanol–water partition coefficient (Wildman–Crippen LogP) is 5.22. The Kier molecular flexibility index (Phi) is 9.16. The van der Waals surface area contributed by atoms with Crippen LogP contribution in [0, 0.1) is 5.92 Å². The van der Waals surface area contributed by atoms with Crippen molar-refractivity contribution >= 4 is 30.1 Å². The predicted molar refractivity (Wildman–Crippen MR) is 144 cm³/mol. The summed E-state index contributed by atoms with van der Waals surface area (Å²) in [4.78, 5) is 4.83. The summed E-state index contributed by atoms with van der Waals surface area (Å²) in [6, 6.07) is 5.54. The minimum Gasteiger partial charge on any atom is -0.375 e. The summed E-state index contributed by atoms with van der Waals surface area (Å²) < 4.78 is 52.7. The molecule has 1 heterocycles. The molecule has 0 aliphatic heterocycles. The van der Waals surface area contributed by atoms with Gasteiger partial charge in [0.05, 0.1) is 32.8 Å². The second kappa shape index (κ2) is 11.2. The van der Waals surface area contributed by atoms with Crippen molar-refractivity contribution < 1.29 is 22.8 Å². The number of ether oxygens (including phenoxy) is 1. The van der Waals surface area contributed by atoms with Gasteiger partial charge in [-0.1, -0.05) is 25.7 Å². The van der Waals surface area contributed by atoms with E-state index in [1.165, 1.54) is 0 Å². The highest BCUT2D eigenvalue weighted by molar-refractivity contribution is 7.84. The lowest BCUT2D eigenvalue weighted by atomic mass is 9.81. The molecule has 0 amide bonds. The first-order valence-corrected chi connectivity index (χ1v) is 17.5. The highest BCUT2D eigenvalue weighted by atomic mass is 32.2. The van der Waals surface area contributed by atoms with Crippen LogP contribution in [-0.2, 0) is 22.5 Å². The molecule has 0 radical (unpaired) electrons. The van der Waals surface area contributed by atoms with Gasteiger partial charge < -0.3 is 20.1 Å². The van der Waals surface area contributed by atoms with E-state index in [1.807, 2.05) is 25.3 Å². The average molecular weight is 545 g/mol. The highest BCUT2D eigenvalue weighted by Crippen LogP contribution is 2.43. The van der Waals surface area contributed by atoms with Gasteiger partial charge in [-0.25, -0.2) is 22.7 Å². The fraction of sp³-hybridized carbons (Fsp3) is 0.720. The first-order valence-electron chi connectivity index (χ1n) is 12.6. The zero-order chi connectivity index (χ0) is 26.9. The summed E-state index contributed by atoms with van der Waals surface area (Å²) >= 11 is 0. The van der Waals surface area contributed by atoms with Gasteiger partial charge in [0.25, 0.3) is 0 Å². The topological polar surface area (TPSA) is 102 Å². The van der Waals surface area contributed by atoms with Gasteiger partial charge in [-0.15, -0.1) is 0 Å². The smallest absolute Gasteiger partial charge is 0.248 e. The Hall–Kier alpha value is -1.24. The number of imidazole rings is 1. The van der Waals surface area contributed by atoms with Gasteiger partial charge >= 0.3 is 0 Å². The Balaban J connectivity index is 2.07. The second-order valence-corrected chi connectivity index (χ2v) is 19.7. The molecule has 1 unspecified atom stereocenters. The lowest BCUT2D eigenvalue weighted by molar-refractivity contribution is -0.0579. The van der Waals surface area contributed by atoms with E-state index >= 15 is 0 Å². The summed E-state index contributed by atoms with van der Waals surface area (Å²) in [6.45, 7) is 13.1. The quantitative estimate of drug-likeness (QED) is 0.216. The van der Waals surface area contributed by atoms with Crippen molar-refractivity contribution in [2.45, 2.75) is 102 Å². The molecule has 0 saturated heterocycles. The molecule has 3 rings (SSSR count). The third-order valence-electron chi connectivity index (χ3n) is 6.58. The number of rotatable bonds is 10. The number of nitrogens with two attached hydrogens (primary N) is 1. The third kappa shape index (κ3) is 7.64. The van der Waals surface area contributed by atoms with Crippen LogP contribution in [0.25, 0.3) is 11.0 Å². The molecule has 2 aromatic rings. The Morgan fingerprint density at radius 1 is 1.36 bits per heavy atom. The number of hydrogen-bond donors (Lipinski definition) is 3. The Bertz CT molecular complexity index is 1070. The summed E-state index contributed by atoms with van der Waals surface area (Å²) in [5.74, 6) is -2.70. The van der Waals surface area contributed by atoms with Crippen LogP contribution in [0.3, 0.4) is 0 Å². The maximum Gasteiger partial charge on any atom is 0.248 e. The van der Waals surface area contributed by atoms with Crippen LogP contribution in [0.15, 0.2) is 18.2 Å². The molecular weight excluding hydrogens is 502 g/mol. The van der Waals surface area contributed by atoms with Gasteiger partial charge in [0.2, 0.25) is 5.92 Å². The lowest BCUT2D eigenvalue weighted by Gasteiger charge is -2.35. The van der Waals surface area contributed by atoms with Crippen molar-refractivity contribution in [3.05, 3.63) is 29.6 Å². The maximum atomic E-state index is 14.5. The van der Waals surface area contributed by atoms with E-state index in [-0.39, 0.29) is 19.6 Å². The number of nitrogens with zero attached hydrogens (tertiary/aromatic N) is 2. The van der Waals surface area contributed by atoms with Crippen molar-refractivity contribution in [1.29, 1.82) is 0 Å². The van der Waals surface area contributed by atoms with E-state index in [0.717, 1.165) is 6.04 Å². The van der Waals surface area contributed by atoms with E-state index in [0.29, 0.717) is 41.9 Å². The van der Waals surface area contributed by atoms with Gasteiger partial charge in [0.15, 0.2) is 0 Å². The number of aromatic nitrogens is 2.